The van der Waals surface area contributed by atoms with Gasteiger partial charge in [-0.15, -0.1) is 12.4 Å². The van der Waals surface area contributed by atoms with Gasteiger partial charge in [-0.25, -0.2) is 4.79 Å². The molecule has 8 nitrogen and oxygen atoms in total. The molecular formula is C22H26ClN3O5. The highest BCUT2D eigenvalue weighted by atomic mass is 35.5. The molecule has 2 aromatic rings. The number of carbonyl (C=O) groups excluding carboxylic acids is 1. The van der Waals surface area contributed by atoms with Crippen molar-refractivity contribution in [3.05, 3.63) is 69.8 Å². The summed E-state index contributed by atoms with van der Waals surface area (Å²) < 4.78 is 11.2. The number of amides is 1. The molecule has 3 rings (SSSR count). The zero-order chi connectivity index (χ0) is 21.7. The number of hydrogen-bond acceptors (Lipinski definition) is 6. The van der Waals surface area contributed by atoms with Crippen molar-refractivity contribution in [1.29, 1.82) is 0 Å². The number of hydrogen-bond donors (Lipinski definition) is 0. The summed E-state index contributed by atoms with van der Waals surface area (Å²) in [6.07, 6.45) is 4.43. The number of non-ortho nitro benzene ring substituents is 1. The zero-order valence-electron chi connectivity index (χ0n) is 17.7. The van der Waals surface area contributed by atoms with Crippen LogP contribution in [-0.2, 0) is 0 Å². The minimum atomic E-state index is -0.432. The molecule has 0 saturated heterocycles. The molecule has 0 fully saturated rings. The van der Waals surface area contributed by atoms with E-state index in [2.05, 4.69) is 18.0 Å². The summed E-state index contributed by atoms with van der Waals surface area (Å²) in [4.78, 5) is 25.8. The lowest BCUT2D eigenvalue weighted by Gasteiger charge is -2.27. The average molecular weight is 448 g/mol. The summed E-state index contributed by atoms with van der Waals surface area (Å²) in [6, 6.07) is 11.9. The molecule has 9 heteroatoms. The number of halogens is 1. The molecule has 0 spiro atoms. The minimum absolute atomic E-state index is 0. The molecular weight excluding hydrogens is 422 g/mol. The number of nitro benzene ring substituents is 1. The molecule has 0 aliphatic carbocycles. The number of carbonyl (C=O) groups is 1. The molecule has 0 N–H and O–H groups in total. The van der Waals surface area contributed by atoms with Crippen molar-refractivity contribution in [1.82, 2.24) is 9.80 Å². The molecule has 1 atom stereocenters. The van der Waals surface area contributed by atoms with Gasteiger partial charge in [0.1, 0.15) is 11.5 Å². The quantitative estimate of drug-likeness (QED) is 0.477. The van der Waals surface area contributed by atoms with E-state index in [-0.39, 0.29) is 24.1 Å². The van der Waals surface area contributed by atoms with Gasteiger partial charge in [-0.05, 0) is 42.4 Å². The Labute approximate surface area is 187 Å². The van der Waals surface area contributed by atoms with Crippen LogP contribution in [0.15, 0.2) is 48.5 Å². The Kier molecular flexibility index (Phi) is 8.41. The fourth-order valence-corrected chi connectivity index (χ4v) is 3.30. The third kappa shape index (κ3) is 6.19. The van der Waals surface area contributed by atoms with Crippen molar-refractivity contribution in [2.24, 2.45) is 0 Å². The van der Waals surface area contributed by atoms with Gasteiger partial charge in [0.05, 0.1) is 11.5 Å². The summed E-state index contributed by atoms with van der Waals surface area (Å²) >= 11 is 0. The first-order chi connectivity index (χ1) is 14.3. The van der Waals surface area contributed by atoms with Crippen LogP contribution in [0.4, 0.5) is 10.5 Å². The minimum Gasteiger partial charge on any atom is -0.494 e. The highest BCUT2D eigenvalue weighted by molar-refractivity contribution is 5.85. The van der Waals surface area contributed by atoms with Crippen LogP contribution >= 0.6 is 12.4 Å². The molecule has 0 saturated carbocycles. The van der Waals surface area contributed by atoms with Crippen LogP contribution in [0.2, 0.25) is 0 Å². The SMILES string of the molecule is CN(C)C(=O)Oc1ccc2c(c1)C=CCN(C)C2CCOc1ccc([N+](=O)[O-])cc1.Cl. The van der Waals surface area contributed by atoms with Gasteiger partial charge in [0.25, 0.3) is 5.69 Å². The predicted molar refractivity (Wildman–Crippen MR) is 121 cm³/mol. The number of fused-ring (bicyclic) bond motifs is 1. The van der Waals surface area contributed by atoms with Crippen molar-refractivity contribution in [2.75, 3.05) is 34.3 Å². The first kappa shape index (κ1) is 24.2. The highest BCUT2D eigenvalue weighted by Crippen LogP contribution is 2.32. The number of likely N-dealkylation sites (N-methyl/N-ethyl adjacent to an activating group) is 1. The van der Waals surface area contributed by atoms with E-state index in [1.165, 1.54) is 17.0 Å². The molecule has 1 amide bonds. The number of nitro groups is 1. The standard InChI is InChI=1S/C22H25N3O5.ClH/c1-23(2)22(26)30-19-10-11-20-16(15-19)5-4-13-24(3)21(20)12-14-29-18-8-6-17(7-9-18)25(27)28;/h4-11,15,21H,12-14H2,1-3H3;1H. The second kappa shape index (κ2) is 10.8. The summed E-state index contributed by atoms with van der Waals surface area (Å²) in [6.45, 7) is 1.24. The van der Waals surface area contributed by atoms with Gasteiger partial charge in [0.2, 0.25) is 0 Å². The molecule has 1 aliphatic heterocycles. The molecule has 1 heterocycles. The van der Waals surface area contributed by atoms with Crippen LogP contribution in [0, 0.1) is 10.1 Å². The maximum Gasteiger partial charge on any atom is 0.414 e. The van der Waals surface area contributed by atoms with Crippen molar-refractivity contribution >= 4 is 30.3 Å². The second-order valence-electron chi connectivity index (χ2n) is 7.30. The van der Waals surface area contributed by atoms with E-state index in [0.717, 1.165) is 24.1 Å². The van der Waals surface area contributed by atoms with Crippen molar-refractivity contribution in [2.45, 2.75) is 12.5 Å². The maximum absolute atomic E-state index is 11.8. The van der Waals surface area contributed by atoms with Gasteiger partial charge in [0.15, 0.2) is 0 Å². The van der Waals surface area contributed by atoms with Crippen LogP contribution in [0.3, 0.4) is 0 Å². The number of ether oxygens (including phenoxy) is 2. The number of benzene rings is 2. The van der Waals surface area contributed by atoms with Crippen LogP contribution < -0.4 is 9.47 Å². The van der Waals surface area contributed by atoms with E-state index in [0.29, 0.717) is 18.1 Å². The highest BCUT2D eigenvalue weighted by Gasteiger charge is 2.22. The maximum atomic E-state index is 11.8. The van der Waals surface area contributed by atoms with Crippen LogP contribution in [0.1, 0.15) is 23.6 Å². The number of rotatable bonds is 6. The third-order valence-corrected chi connectivity index (χ3v) is 4.92. The average Bonchev–Trinajstić information content (AvgIpc) is 2.86. The molecule has 1 unspecified atom stereocenters. The monoisotopic (exact) mass is 447 g/mol. The van der Waals surface area contributed by atoms with E-state index in [4.69, 9.17) is 9.47 Å². The Bertz CT molecular complexity index is 947. The Morgan fingerprint density at radius 2 is 1.87 bits per heavy atom. The van der Waals surface area contributed by atoms with Gasteiger partial charge in [-0.3, -0.25) is 15.0 Å². The van der Waals surface area contributed by atoms with Crippen LogP contribution in [0.25, 0.3) is 6.08 Å². The van der Waals surface area contributed by atoms with E-state index >= 15 is 0 Å². The lowest BCUT2D eigenvalue weighted by molar-refractivity contribution is -0.384. The molecule has 166 valence electrons. The Morgan fingerprint density at radius 3 is 2.52 bits per heavy atom. The molecule has 0 aromatic heterocycles. The molecule has 2 aromatic carbocycles. The van der Waals surface area contributed by atoms with E-state index in [1.807, 2.05) is 18.2 Å². The Hall–Kier alpha value is -3.10. The first-order valence-electron chi connectivity index (χ1n) is 9.62. The zero-order valence-corrected chi connectivity index (χ0v) is 18.5. The summed E-state index contributed by atoms with van der Waals surface area (Å²) in [5.74, 6) is 1.10. The van der Waals surface area contributed by atoms with E-state index < -0.39 is 11.0 Å². The van der Waals surface area contributed by atoms with Crippen LogP contribution in [0.5, 0.6) is 11.5 Å². The smallest absolute Gasteiger partial charge is 0.414 e. The van der Waals surface area contributed by atoms with Crippen molar-refractivity contribution in [3.8, 4) is 11.5 Å². The fourth-order valence-electron chi connectivity index (χ4n) is 3.30. The number of nitrogens with zero attached hydrogens (tertiary/aromatic N) is 3. The Balaban J connectivity index is 0.00000341. The van der Waals surface area contributed by atoms with E-state index in [1.54, 1.807) is 32.3 Å². The van der Waals surface area contributed by atoms with Crippen LogP contribution in [-0.4, -0.2) is 55.1 Å². The largest absolute Gasteiger partial charge is 0.494 e. The summed E-state index contributed by atoms with van der Waals surface area (Å²) in [7, 11) is 5.33. The molecule has 0 radical (unpaired) electrons. The Morgan fingerprint density at radius 1 is 1.19 bits per heavy atom. The van der Waals surface area contributed by atoms with Gasteiger partial charge in [-0.2, -0.15) is 0 Å². The molecule has 1 aliphatic rings. The second-order valence-corrected chi connectivity index (χ2v) is 7.30. The first-order valence-corrected chi connectivity index (χ1v) is 9.62. The van der Waals surface area contributed by atoms with Gasteiger partial charge >= 0.3 is 6.09 Å². The fraction of sp³-hybridized carbons (Fsp3) is 0.318. The van der Waals surface area contributed by atoms with Gasteiger partial charge < -0.3 is 14.4 Å². The molecule has 0 bridgehead atoms. The van der Waals surface area contributed by atoms with Crippen molar-refractivity contribution < 1.29 is 19.2 Å². The lowest BCUT2D eigenvalue weighted by atomic mass is 9.97. The van der Waals surface area contributed by atoms with Gasteiger partial charge in [-0.1, -0.05) is 18.2 Å². The predicted octanol–water partition coefficient (Wildman–Crippen LogP) is 4.55. The normalized spacial score (nSPS) is 15.3. The van der Waals surface area contributed by atoms with Gasteiger partial charge in [0, 0.05) is 45.2 Å². The topological polar surface area (TPSA) is 85.2 Å². The summed E-state index contributed by atoms with van der Waals surface area (Å²) in [5, 5.41) is 10.8. The summed E-state index contributed by atoms with van der Waals surface area (Å²) in [5.41, 5.74) is 2.17. The van der Waals surface area contributed by atoms with Crippen molar-refractivity contribution in [3.63, 3.8) is 0 Å². The van der Waals surface area contributed by atoms with E-state index in [9.17, 15) is 14.9 Å². The molecule has 31 heavy (non-hydrogen) atoms. The lowest BCUT2D eigenvalue weighted by Crippen LogP contribution is -2.26. The third-order valence-electron chi connectivity index (χ3n) is 4.92.